The van der Waals surface area contributed by atoms with Crippen molar-refractivity contribution in [3.63, 3.8) is 0 Å². The van der Waals surface area contributed by atoms with E-state index in [0.717, 1.165) is 29.4 Å². The van der Waals surface area contributed by atoms with E-state index in [1.807, 2.05) is 54.3 Å². The fourth-order valence-corrected chi connectivity index (χ4v) is 3.29. The van der Waals surface area contributed by atoms with Crippen molar-refractivity contribution >= 4 is 16.7 Å². The number of hydrogen-bond acceptors (Lipinski definition) is 5. The number of benzene rings is 2. The van der Waals surface area contributed by atoms with Gasteiger partial charge in [-0.2, -0.15) is 4.98 Å². The SMILES string of the molecule is Cc1noc(CN2CCN(C(=O)c3cccc4ccccc34)CC2)n1. The zero-order valence-corrected chi connectivity index (χ0v) is 14.2. The number of amides is 1. The van der Waals surface area contributed by atoms with Crippen LogP contribution in [0, 0.1) is 6.92 Å². The number of carbonyl (C=O) groups is 1. The molecule has 0 spiro atoms. The number of rotatable bonds is 3. The highest BCUT2D eigenvalue weighted by molar-refractivity contribution is 6.07. The number of nitrogens with zero attached hydrogens (tertiary/aromatic N) is 4. The molecule has 3 aromatic rings. The Morgan fingerprint density at radius 2 is 1.84 bits per heavy atom. The number of piperazine rings is 1. The van der Waals surface area contributed by atoms with Gasteiger partial charge in [-0.15, -0.1) is 0 Å². The van der Waals surface area contributed by atoms with Crippen LogP contribution in [0.15, 0.2) is 47.0 Å². The largest absolute Gasteiger partial charge is 0.338 e. The molecular weight excluding hydrogens is 316 g/mol. The molecule has 6 heteroatoms. The van der Waals surface area contributed by atoms with E-state index < -0.39 is 0 Å². The molecule has 1 aromatic heterocycles. The van der Waals surface area contributed by atoms with Crippen LogP contribution in [-0.2, 0) is 6.54 Å². The molecule has 0 N–H and O–H groups in total. The molecule has 0 unspecified atom stereocenters. The van der Waals surface area contributed by atoms with E-state index in [0.29, 0.717) is 31.3 Å². The predicted octanol–water partition coefficient (Wildman–Crippen LogP) is 2.49. The van der Waals surface area contributed by atoms with Crippen LogP contribution in [0.4, 0.5) is 0 Å². The van der Waals surface area contributed by atoms with Crippen LogP contribution in [0.3, 0.4) is 0 Å². The van der Waals surface area contributed by atoms with Gasteiger partial charge < -0.3 is 9.42 Å². The van der Waals surface area contributed by atoms with Crippen LogP contribution in [0.5, 0.6) is 0 Å². The number of aromatic nitrogens is 2. The van der Waals surface area contributed by atoms with Crippen molar-refractivity contribution in [1.29, 1.82) is 0 Å². The molecule has 1 fully saturated rings. The van der Waals surface area contributed by atoms with Crippen molar-refractivity contribution in [1.82, 2.24) is 19.9 Å². The molecule has 4 rings (SSSR count). The second kappa shape index (κ2) is 6.64. The van der Waals surface area contributed by atoms with E-state index >= 15 is 0 Å². The first-order valence-electron chi connectivity index (χ1n) is 8.49. The van der Waals surface area contributed by atoms with E-state index in [9.17, 15) is 4.79 Å². The molecule has 0 atom stereocenters. The maximum Gasteiger partial charge on any atom is 0.254 e. The Labute approximate surface area is 146 Å². The first-order chi connectivity index (χ1) is 12.2. The van der Waals surface area contributed by atoms with E-state index in [1.54, 1.807) is 0 Å². The summed E-state index contributed by atoms with van der Waals surface area (Å²) in [7, 11) is 0. The summed E-state index contributed by atoms with van der Waals surface area (Å²) in [5.41, 5.74) is 0.777. The summed E-state index contributed by atoms with van der Waals surface area (Å²) in [6.07, 6.45) is 0. The number of fused-ring (bicyclic) bond motifs is 1. The van der Waals surface area contributed by atoms with Gasteiger partial charge in [-0.3, -0.25) is 9.69 Å². The highest BCUT2D eigenvalue weighted by Crippen LogP contribution is 2.21. The van der Waals surface area contributed by atoms with E-state index in [4.69, 9.17) is 4.52 Å². The highest BCUT2D eigenvalue weighted by atomic mass is 16.5. The topological polar surface area (TPSA) is 62.5 Å². The molecule has 128 valence electrons. The van der Waals surface area contributed by atoms with Gasteiger partial charge in [0, 0.05) is 31.7 Å². The van der Waals surface area contributed by atoms with Crippen LogP contribution in [0.1, 0.15) is 22.1 Å². The number of aryl methyl sites for hydroxylation is 1. The Hall–Kier alpha value is -2.73. The minimum Gasteiger partial charge on any atom is -0.338 e. The first-order valence-corrected chi connectivity index (χ1v) is 8.49. The summed E-state index contributed by atoms with van der Waals surface area (Å²) in [6.45, 7) is 5.46. The number of hydrogen-bond donors (Lipinski definition) is 0. The van der Waals surface area contributed by atoms with Crippen LogP contribution < -0.4 is 0 Å². The Balaban J connectivity index is 1.44. The third kappa shape index (κ3) is 3.25. The third-order valence-electron chi connectivity index (χ3n) is 4.61. The molecule has 6 nitrogen and oxygen atoms in total. The van der Waals surface area contributed by atoms with Crippen molar-refractivity contribution in [3.05, 3.63) is 59.7 Å². The fourth-order valence-electron chi connectivity index (χ4n) is 3.29. The molecule has 1 aliphatic heterocycles. The maximum absolute atomic E-state index is 12.9. The van der Waals surface area contributed by atoms with Gasteiger partial charge in [-0.1, -0.05) is 41.6 Å². The standard InChI is InChI=1S/C19H20N4O2/c1-14-20-18(25-21-14)13-22-9-11-23(12-10-22)19(24)17-8-4-6-15-5-2-3-7-16(15)17/h2-8H,9-13H2,1H3. The normalized spacial score (nSPS) is 15.6. The van der Waals surface area contributed by atoms with Gasteiger partial charge in [-0.25, -0.2) is 0 Å². The fraction of sp³-hybridized carbons (Fsp3) is 0.316. The van der Waals surface area contributed by atoms with Gasteiger partial charge >= 0.3 is 0 Å². The molecule has 0 aliphatic carbocycles. The molecule has 1 saturated heterocycles. The van der Waals surface area contributed by atoms with Gasteiger partial charge in [0.1, 0.15) is 0 Å². The smallest absolute Gasteiger partial charge is 0.254 e. The second-order valence-electron chi connectivity index (χ2n) is 6.33. The highest BCUT2D eigenvalue weighted by Gasteiger charge is 2.24. The van der Waals surface area contributed by atoms with Crippen LogP contribution in [-0.4, -0.2) is 52.0 Å². The molecule has 25 heavy (non-hydrogen) atoms. The molecule has 2 aromatic carbocycles. The van der Waals surface area contributed by atoms with E-state index in [-0.39, 0.29) is 5.91 Å². The first kappa shape index (κ1) is 15.8. The van der Waals surface area contributed by atoms with Gasteiger partial charge in [0.25, 0.3) is 5.91 Å². The van der Waals surface area contributed by atoms with Gasteiger partial charge in [0.15, 0.2) is 5.82 Å². The molecule has 0 radical (unpaired) electrons. The van der Waals surface area contributed by atoms with Crippen LogP contribution >= 0.6 is 0 Å². The van der Waals surface area contributed by atoms with Crippen molar-refractivity contribution in [2.24, 2.45) is 0 Å². The van der Waals surface area contributed by atoms with Crippen molar-refractivity contribution in [2.45, 2.75) is 13.5 Å². The van der Waals surface area contributed by atoms with Crippen molar-refractivity contribution in [2.75, 3.05) is 26.2 Å². The van der Waals surface area contributed by atoms with Crippen molar-refractivity contribution in [3.8, 4) is 0 Å². The minimum atomic E-state index is 0.102. The van der Waals surface area contributed by atoms with Crippen LogP contribution in [0.25, 0.3) is 10.8 Å². The monoisotopic (exact) mass is 336 g/mol. The number of carbonyl (C=O) groups excluding carboxylic acids is 1. The summed E-state index contributed by atoms with van der Waals surface area (Å²) < 4.78 is 5.18. The molecule has 0 saturated carbocycles. The summed E-state index contributed by atoms with van der Waals surface area (Å²) in [5.74, 6) is 1.39. The Bertz CT molecular complexity index is 892. The summed E-state index contributed by atoms with van der Waals surface area (Å²) in [5, 5.41) is 5.93. The lowest BCUT2D eigenvalue weighted by molar-refractivity contribution is 0.0617. The molecule has 0 bridgehead atoms. The Morgan fingerprint density at radius 1 is 1.08 bits per heavy atom. The van der Waals surface area contributed by atoms with Gasteiger partial charge in [0.2, 0.25) is 5.89 Å². The average molecular weight is 336 g/mol. The van der Waals surface area contributed by atoms with E-state index in [2.05, 4.69) is 15.0 Å². The zero-order valence-electron chi connectivity index (χ0n) is 14.2. The van der Waals surface area contributed by atoms with Gasteiger partial charge in [0.05, 0.1) is 6.54 Å². The molecule has 2 heterocycles. The third-order valence-corrected chi connectivity index (χ3v) is 4.61. The second-order valence-corrected chi connectivity index (χ2v) is 6.33. The quantitative estimate of drug-likeness (QED) is 0.735. The van der Waals surface area contributed by atoms with Crippen molar-refractivity contribution < 1.29 is 9.32 Å². The predicted molar refractivity (Wildman–Crippen MR) is 94.2 cm³/mol. The molecule has 1 amide bonds. The van der Waals surface area contributed by atoms with E-state index in [1.165, 1.54) is 0 Å². The Kier molecular flexibility index (Phi) is 4.19. The summed E-state index contributed by atoms with van der Waals surface area (Å²) in [4.78, 5) is 21.4. The summed E-state index contributed by atoms with van der Waals surface area (Å²) >= 11 is 0. The molecule has 1 aliphatic rings. The lowest BCUT2D eigenvalue weighted by atomic mass is 10.0. The van der Waals surface area contributed by atoms with Crippen LogP contribution in [0.2, 0.25) is 0 Å². The molecular formula is C19H20N4O2. The minimum absolute atomic E-state index is 0.102. The lowest BCUT2D eigenvalue weighted by Crippen LogP contribution is -2.48. The maximum atomic E-state index is 12.9. The Morgan fingerprint density at radius 3 is 2.60 bits per heavy atom. The van der Waals surface area contributed by atoms with Gasteiger partial charge in [-0.05, 0) is 23.8 Å². The zero-order chi connectivity index (χ0) is 17.2. The average Bonchev–Trinajstić information content (AvgIpc) is 3.06. The summed E-state index contributed by atoms with van der Waals surface area (Å²) in [6, 6.07) is 13.9. The lowest BCUT2D eigenvalue weighted by Gasteiger charge is -2.34.